The van der Waals surface area contributed by atoms with E-state index in [-0.39, 0.29) is 17.7 Å². The van der Waals surface area contributed by atoms with Crippen molar-refractivity contribution < 1.29 is 23.0 Å². The van der Waals surface area contributed by atoms with Crippen molar-refractivity contribution in [2.75, 3.05) is 0 Å². The van der Waals surface area contributed by atoms with Crippen molar-refractivity contribution in [3.63, 3.8) is 0 Å². The summed E-state index contributed by atoms with van der Waals surface area (Å²) in [7, 11) is 0. The minimum absolute atomic E-state index is 0.0423. The van der Waals surface area contributed by atoms with E-state index in [0.717, 1.165) is 12.1 Å². The third kappa shape index (κ3) is 4.14. The van der Waals surface area contributed by atoms with Crippen LogP contribution in [-0.4, -0.2) is 14.8 Å². The lowest BCUT2D eigenvalue weighted by Gasteiger charge is -2.09. The predicted octanol–water partition coefficient (Wildman–Crippen LogP) is 5.24. The van der Waals surface area contributed by atoms with E-state index in [4.69, 9.17) is 0 Å². The molecule has 0 aliphatic rings. The maximum absolute atomic E-state index is 13.1. The van der Waals surface area contributed by atoms with Crippen molar-refractivity contribution in [2.45, 2.75) is 12.6 Å². The molecule has 3 aromatic rings. The van der Waals surface area contributed by atoms with Gasteiger partial charge in [0, 0.05) is 35.6 Å². The lowest BCUT2D eigenvalue weighted by molar-refractivity contribution is -0.388. The van der Waals surface area contributed by atoms with Gasteiger partial charge in [0.25, 0.3) is 11.4 Å². The van der Waals surface area contributed by atoms with Gasteiger partial charge in [0.05, 0.1) is 20.5 Å². The Morgan fingerprint density at radius 2 is 1.79 bits per heavy atom. The van der Waals surface area contributed by atoms with E-state index in [0.29, 0.717) is 16.3 Å². The Labute approximate surface area is 159 Å². The summed E-state index contributed by atoms with van der Waals surface area (Å²) < 4.78 is 39.3. The van der Waals surface area contributed by atoms with Crippen LogP contribution in [0.25, 0.3) is 11.3 Å². The normalized spacial score (nSPS) is 11.4. The molecule has 0 radical (unpaired) electrons. The molecule has 0 atom stereocenters. The SMILES string of the molecule is O=[N+]([O-])c1cccc(-c2csc(Cc3ccc([N+](=O)[O-])c(C(F)(F)F)c3)n2)c1. The highest BCUT2D eigenvalue weighted by molar-refractivity contribution is 7.10. The number of non-ortho nitro benzene ring substituents is 1. The molecule has 144 valence electrons. The lowest BCUT2D eigenvalue weighted by atomic mass is 10.1. The van der Waals surface area contributed by atoms with Gasteiger partial charge in [-0.25, -0.2) is 4.98 Å². The number of nitrogens with zero attached hydrogens (tertiary/aromatic N) is 3. The fraction of sp³-hybridized carbons (Fsp3) is 0.118. The van der Waals surface area contributed by atoms with Crippen LogP contribution in [0.4, 0.5) is 24.5 Å². The van der Waals surface area contributed by atoms with E-state index < -0.39 is 27.3 Å². The molecule has 0 N–H and O–H groups in total. The third-order valence-corrected chi connectivity index (χ3v) is 4.67. The van der Waals surface area contributed by atoms with Gasteiger partial charge in [0.15, 0.2) is 0 Å². The van der Waals surface area contributed by atoms with Crippen LogP contribution in [0, 0.1) is 20.2 Å². The fourth-order valence-electron chi connectivity index (χ4n) is 2.56. The smallest absolute Gasteiger partial charge is 0.258 e. The summed E-state index contributed by atoms with van der Waals surface area (Å²) in [5, 5.41) is 23.8. The monoisotopic (exact) mass is 409 g/mol. The van der Waals surface area contributed by atoms with E-state index in [9.17, 15) is 33.4 Å². The Morgan fingerprint density at radius 3 is 2.43 bits per heavy atom. The second-order valence-electron chi connectivity index (χ2n) is 5.72. The van der Waals surface area contributed by atoms with Gasteiger partial charge in [0.1, 0.15) is 5.56 Å². The van der Waals surface area contributed by atoms with Gasteiger partial charge in [-0.2, -0.15) is 13.2 Å². The molecule has 1 aromatic heterocycles. The molecule has 0 aliphatic carbocycles. The summed E-state index contributed by atoms with van der Waals surface area (Å²) in [6, 6.07) is 8.66. The molecule has 11 heteroatoms. The van der Waals surface area contributed by atoms with Crippen LogP contribution in [0.15, 0.2) is 47.8 Å². The van der Waals surface area contributed by atoms with E-state index in [2.05, 4.69) is 4.98 Å². The minimum Gasteiger partial charge on any atom is -0.258 e. The molecule has 0 fully saturated rings. The van der Waals surface area contributed by atoms with Gasteiger partial charge in [0.2, 0.25) is 0 Å². The molecule has 0 aliphatic heterocycles. The van der Waals surface area contributed by atoms with Crippen LogP contribution in [0.1, 0.15) is 16.1 Å². The molecule has 0 unspecified atom stereocenters. The second kappa shape index (κ2) is 7.35. The number of halogens is 3. The molecule has 1 heterocycles. The Bertz CT molecular complexity index is 1070. The van der Waals surface area contributed by atoms with Crippen molar-refractivity contribution in [1.82, 2.24) is 4.98 Å². The van der Waals surface area contributed by atoms with Crippen molar-refractivity contribution in [3.8, 4) is 11.3 Å². The van der Waals surface area contributed by atoms with Crippen LogP contribution in [-0.2, 0) is 12.6 Å². The molecular formula is C17H10F3N3O4S. The zero-order valence-corrected chi connectivity index (χ0v) is 14.7. The molecule has 3 rings (SSSR count). The van der Waals surface area contributed by atoms with E-state index in [1.165, 1.54) is 35.6 Å². The zero-order valence-electron chi connectivity index (χ0n) is 13.8. The maximum atomic E-state index is 13.1. The Kier molecular flexibility index (Phi) is 5.10. The third-order valence-electron chi connectivity index (χ3n) is 3.82. The summed E-state index contributed by atoms with van der Waals surface area (Å²) in [6.07, 6.45) is -4.81. The van der Waals surface area contributed by atoms with Crippen molar-refractivity contribution in [3.05, 3.63) is 84.2 Å². The number of thiazole rings is 1. The second-order valence-corrected chi connectivity index (χ2v) is 6.66. The maximum Gasteiger partial charge on any atom is 0.423 e. The number of nitro benzene ring substituents is 2. The Hall–Kier alpha value is -3.34. The average molecular weight is 409 g/mol. The molecule has 0 amide bonds. The quantitative estimate of drug-likeness (QED) is 0.424. The Balaban J connectivity index is 1.89. The molecule has 28 heavy (non-hydrogen) atoms. The number of alkyl halides is 3. The van der Waals surface area contributed by atoms with Crippen LogP contribution in [0.3, 0.4) is 0 Å². The summed E-state index contributed by atoms with van der Waals surface area (Å²) in [4.78, 5) is 24.4. The summed E-state index contributed by atoms with van der Waals surface area (Å²) in [6.45, 7) is 0. The molecule has 0 bridgehead atoms. The van der Waals surface area contributed by atoms with E-state index in [1.807, 2.05) is 0 Å². The van der Waals surface area contributed by atoms with E-state index in [1.54, 1.807) is 11.4 Å². The molecule has 0 saturated heterocycles. The van der Waals surface area contributed by atoms with Gasteiger partial charge in [-0.15, -0.1) is 11.3 Å². The first-order valence-electron chi connectivity index (χ1n) is 7.69. The highest BCUT2D eigenvalue weighted by Crippen LogP contribution is 2.37. The van der Waals surface area contributed by atoms with Gasteiger partial charge < -0.3 is 0 Å². The van der Waals surface area contributed by atoms with Crippen molar-refractivity contribution in [2.24, 2.45) is 0 Å². The van der Waals surface area contributed by atoms with Crippen molar-refractivity contribution >= 4 is 22.7 Å². The first kappa shape index (κ1) is 19.4. The standard InChI is InChI=1S/C17H10F3N3O4S/c18-17(19,20)13-6-10(4-5-15(13)23(26)27)7-16-21-14(9-28-16)11-2-1-3-12(8-11)22(24)25/h1-6,8-9H,7H2. The summed E-state index contributed by atoms with van der Waals surface area (Å²) in [5.74, 6) is 0. The predicted molar refractivity (Wildman–Crippen MR) is 95.1 cm³/mol. The fourth-order valence-corrected chi connectivity index (χ4v) is 3.40. The van der Waals surface area contributed by atoms with Crippen LogP contribution >= 0.6 is 11.3 Å². The summed E-state index contributed by atoms with van der Waals surface area (Å²) in [5.41, 5.74) is -1.23. The zero-order chi connectivity index (χ0) is 20.5. The van der Waals surface area contributed by atoms with Crippen molar-refractivity contribution in [1.29, 1.82) is 0 Å². The highest BCUT2D eigenvalue weighted by atomic mass is 32.1. The molecule has 0 saturated carbocycles. The number of hydrogen-bond acceptors (Lipinski definition) is 6. The highest BCUT2D eigenvalue weighted by Gasteiger charge is 2.38. The molecule has 7 nitrogen and oxygen atoms in total. The number of nitro groups is 2. The number of aromatic nitrogens is 1. The first-order valence-corrected chi connectivity index (χ1v) is 8.57. The summed E-state index contributed by atoms with van der Waals surface area (Å²) >= 11 is 1.18. The van der Waals surface area contributed by atoms with Gasteiger partial charge >= 0.3 is 6.18 Å². The number of benzene rings is 2. The average Bonchev–Trinajstić information content (AvgIpc) is 3.09. The minimum atomic E-state index is -4.85. The largest absolute Gasteiger partial charge is 0.423 e. The van der Waals surface area contributed by atoms with Gasteiger partial charge in [-0.05, 0) is 11.6 Å². The Morgan fingerprint density at radius 1 is 1.04 bits per heavy atom. The van der Waals surface area contributed by atoms with Crippen LogP contribution < -0.4 is 0 Å². The number of hydrogen-bond donors (Lipinski definition) is 0. The van der Waals surface area contributed by atoms with Crippen LogP contribution in [0.5, 0.6) is 0 Å². The number of rotatable bonds is 5. The van der Waals surface area contributed by atoms with Gasteiger partial charge in [-0.1, -0.05) is 18.2 Å². The topological polar surface area (TPSA) is 99.2 Å². The molecular weight excluding hydrogens is 399 g/mol. The van der Waals surface area contributed by atoms with Gasteiger partial charge in [-0.3, -0.25) is 20.2 Å². The lowest BCUT2D eigenvalue weighted by Crippen LogP contribution is -2.09. The van der Waals surface area contributed by atoms with E-state index >= 15 is 0 Å². The molecule has 0 spiro atoms. The van der Waals surface area contributed by atoms with Crippen LogP contribution in [0.2, 0.25) is 0 Å². The molecule has 2 aromatic carbocycles. The first-order chi connectivity index (χ1) is 13.1.